The molecule has 0 saturated carbocycles. The molecule has 0 aliphatic heterocycles. The van der Waals surface area contributed by atoms with Gasteiger partial charge in [-0.05, 0) is 30.3 Å². The largest absolute Gasteiger partial charge is 0.467 e. The van der Waals surface area contributed by atoms with Crippen LogP contribution in [-0.4, -0.2) is 13.3 Å². The third-order valence-corrected chi connectivity index (χ3v) is 2.88. The predicted molar refractivity (Wildman–Crippen MR) is 67.6 cm³/mol. The molecule has 0 aliphatic rings. The molecule has 1 aromatic carbocycles. The highest BCUT2D eigenvalue weighted by Gasteiger charge is 2.33. The van der Waals surface area contributed by atoms with E-state index in [9.17, 15) is 18.0 Å². The number of hydrogen-bond donors (Lipinski definition) is 0. The van der Waals surface area contributed by atoms with E-state index in [1.807, 2.05) is 0 Å². The van der Waals surface area contributed by atoms with E-state index in [2.05, 4.69) is 0 Å². The molecule has 3 nitrogen and oxygen atoms in total. The van der Waals surface area contributed by atoms with Crippen molar-refractivity contribution in [3.63, 3.8) is 0 Å². The summed E-state index contributed by atoms with van der Waals surface area (Å²) in [6, 6.07) is 7.05. The zero-order chi connectivity index (χ0) is 14.8. The number of halogens is 3. The van der Waals surface area contributed by atoms with Crippen LogP contribution in [0.25, 0.3) is 0 Å². The van der Waals surface area contributed by atoms with Gasteiger partial charge in [-0.25, -0.2) is 0 Å². The van der Waals surface area contributed by atoms with Gasteiger partial charge in [-0.1, -0.05) is 0 Å². The highest BCUT2D eigenvalue weighted by molar-refractivity contribution is 5.79. The number of carbonyl (C=O) groups excluding carboxylic acids is 1. The quantitative estimate of drug-likeness (QED) is 0.801. The molecule has 0 N–H and O–H groups in total. The van der Waals surface area contributed by atoms with Crippen molar-refractivity contribution < 1.29 is 22.4 Å². The van der Waals surface area contributed by atoms with Crippen LogP contribution < -0.4 is 4.90 Å². The van der Waals surface area contributed by atoms with Crippen LogP contribution in [0.3, 0.4) is 0 Å². The molecule has 1 aromatic heterocycles. The third-order valence-electron chi connectivity index (χ3n) is 2.88. The van der Waals surface area contributed by atoms with Crippen molar-refractivity contribution in [2.75, 3.05) is 11.9 Å². The molecular formula is C14H12F3NO2. The molecule has 0 fully saturated rings. The maximum absolute atomic E-state index is 12.9. The number of alkyl halides is 3. The summed E-state index contributed by atoms with van der Waals surface area (Å²) in [5.41, 5.74) is -0.941. The standard InChI is InChI=1S/C14H12F3NO2/c1-18(8-12-3-2-6-20-12)11-5-4-10(9-19)13(7-11)14(15,16)17/h2-7,9H,8H2,1H3. The average molecular weight is 283 g/mol. The van der Waals surface area contributed by atoms with Gasteiger partial charge in [-0.2, -0.15) is 13.2 Å². The zero-order valence-electron chi connectivity index (χ0n) is 10.6. The highest BCUT2D eigenvalue weighted by atomic mass is 19.4. The first kappa shape index (κ1) is 14.2. The maximum Gasteiger partial charge on any atom is 0.417 e. The van der Waals surface area contributed by atoms with Crippen molar-refractivity contribution in [2.24, 2.45) is 0 Å². The van der Waals surface area contributed by atoms with Crippen LogP contribution in [0.5, 0.6) is 0 Å². The summed E-state index contributed by atoms with van der Waals surface area (Å²) in [5, 5.41) is 0. The Labute approximate surface area is 113 Å². The van der Waals surface area contributed by atoms with Crippen LogP contribution >= 0.6 is 0 Å². The average Bonchev–Trinajstić information content (AvgIpc) is 2.89. The zero-order valence-corrected chi connectivity index (χ0v) is 10.6. The van der Waals surface area contributed by atoms with Gasteiger partial charge >= 0.3 is 6.18 Å². The number of rotatable bonds is 4. The number of anilines is 1. The van der Waals surface area contributed by atoms with Crippen LogP contribution in [0.2, 0.25) is 0 Å². The fourth-order valence-corrected chi connectivity index (χ4v) is 1.86. The summed E-state index contributed by atoms with van der Waals surface area (Å²) in [5.74, 6) is 0.639. The lowest BCUT2D eigenvalue weighted by atomic mass is 10.1. The second-order valence-corrected chi connectivity index (χ2v) is 4.32. The Morgan fingerprint density at radius 2 is 2.05 bits per heavy atom. The fourth-order valence-electron chi connectivity index (χ4n) is 1.86. The number of carbonyl (C=O) groups is 1. The Hall–Kier alpha value is -2.24. The molecule has 0 spiro atoms. The lowest BCUT2D eigenvalue weighted by Crippen LogP contribution is -2.18. The monoisotopic (exact) mass is 283 g/mol. The van der Waals surface area contributed by atoms with Crippen LogP contribution in [-0.2, 0) is 12.7 Å². The molecule has 20 heavy (non-hydrogen) atoms. The molecule has 2 rings (SSSR count). The van der Waals surface area contributed by atoms with Gasteiger partial charge in [-0.15, -0.1) is 0 Å². The fraction of sp³-hybridized carbons (Fsp3) is 0.214. The molecule has 6 heteroatoms. The summed E-state index contributed by atoms with van der Waals surface area (Å²) < 4.78 is 43.7. The molecule has 0 atom stereocenters. The van der Waals surface area contributed by atoms with Gasteiger partial charge in [0.15, 0.2) is 6.29 Å². The Balaban J connectivity index is 2.31. The number of aldehydes is 1. The summed E-state index contributed by atoms with van der Waals surface area (Å²) in [4.78, 5) is 12.3. The summed E-state index contributed by atoms with van der Waals surface area (Å²) >= 11 is 0. The second-order valence-electron chi connectivity index (χ2n) is 4.32. The van der Waals surface area contributed by atoms with Crippen LogP contribution in [0.4, 0.5) is 18.9 Å². The number of furan rings is 1. The Morgan fingerprint density at radius 1 is 1.30 bits per heavy atom. The van der Waals surface area contributed by atoms with E-state index in [1.54, 1.807) is 24.1 Å². The van der Waals surface area contributed by atoms with Gasteiger partial charge in [0.05, 0.1) is 18.4 Å². The van der Waals surface area contributed by atoms with E-state index >= 15 is 0 Å². The maximum atomic E-state index is 12.9. The summed E-state index contributed by atoms with van der Waals surface area (Å²) in [6.07, 6.45) is -2.85. The highest BCUT2D eigenvalue weighted by Crippen LogP contribution is 2.34. The van der Waals surface area contributed by atoms with Crippen LogP contribution in [0.1, 0.15) is 21.7 Å². The molecule has 0 unspecified atom stereocenters. The topological polar surface area (TPSA) is 33.5 Å². The van der Waals surface area contributed by atoms with Gasteiger partial charge in [-0.3, -0.25) is 4.79 Å². The van der Waals surface area contributed by atoms with Gasteiger partial charge < -0.3 is 9.32 Å². The molecule has 0 aliphatic carbocycles. The molecule has 0 saturated heterocycles. The molecule has 0 amide bonds. The normalized spacial score (nSPS) is 11.4. The molecule has 0 radical (unpaired) electrons. The molecule has 2 aromatic rings. The lowest BCUT2D eigenvalue weighted by molar-refractivity contribution is -0.137. The van der Waals surface area contributed by atoms with Crippen molar-refractivity contribution in [3.8, 4) is 0 Å². The van der Waals surface area contributed by atoms with Gasteiger partial charge in [0.25, 0.3) is 0 Å². The van der Waals surface area contributed by atoms with E-state index in [4.69, 9.17) is 4.42 Å². The lowest BCUT2D eigenvalue weighted by Gasteiger charge is -2.20. The van der Waals surface area contributed by atoms with Crippen molar-refractivity contribution in [3.05, 3.63) is 53.5 Å². The number of hydrogen-bond acceptors (Lipinski definition) is 3. The number of nitrogens with zero attached hydrogens (tertiary/aromatic N) is 1. The Morgan fingerprint density at radius 3 is 2.60 bits per heavy atom. The van der Waals surface area contributed by atoms with Gasteiger partial charge in [0.1, 0.15) is 5.76 Å². The van der Waals surface area contributed by atoms with Crippen molar-refractivity contribution >= 4 is 12.0 Å². The van der Waals surface area contributed by atoms with Crippen molar-refractivity contribution in [2.45, 2.75) is 12.7 Å². The summed E-state index contributed by atoms with van der Waals surface area (Å²) in [7, 11) is 1.65. The molecule has 0 bridgehead atoms. The molecular weight excluding hydrogens is 271 g/mol. The minimum absolute atomic E-state index is 0.207. The van der Waals surface area contributed by atoms with Crippen molar-refractivity contribution in [1.29, 1.82) is 0 Å². The predicted octanol–water partition coefficient (Wildman–Crippen LogP) is 3.75. The second kappa shape index (κ2) is 5.40. The van der Waals surface area contributed by atoms with E-state index in [0.717, 1.165) is 6.07 Å². The van der Waals surface area contributed by atoms with Crippen molar-refractivity contribution in [1.82, 2.24) is 0 Å². The van der Waals surface area contributed by atoms with E-state index in [0.29, 0.717) is 18.0 Å². The van der Waals surface area contributed by atoms with E-state index in [1.165, 1.54) is 18.4 Å². The van der Waals surface area contributed by atoms with Crippen LogP contribution in [0.15, 0.2) is 41.0 Å². The smallest absolute Gasteiger partial charge is 0.417 e. The van der Waals surface area contributed by atoms with Crippen LogP contribution in [0, 0.1) is 0 Å². The summed E-state index contributed by atoms with van der Waals surface area (Å²) in [6.45, 7) is 0.338. The molecule has 1 heterocycles. The van der Waals surface area contributed by atoms with E-state index < -0.39 is 11.7 Å². The first-order chi connectivity index (χ1) is 9.41. The minimum Gasteiger partial charge on any atom is -0.467 e. The Kier molecular flexibility index (Phi) is 3.83. The first-order valence-electron chi connectivity index (χ1n) is 5.82. The van der Waals surface area contributed by atoms with E-state index in [-0.39, 0.29) is 11.8 Å². The first-order valence-corrected chi connectivity index (χ1v) is 5.82. The Bertz CT molecular complexity index is 591. The SMILES string of the molecule is CN(Cc1ccco1)c1ccc(C=O)c(C(F)(F)F)c1. The minimum atomic E-state index is -4.56. The molecule has 106 valence electrons. The number of benzene rings is 1. The van der Waals surface area contributed by atoms with Gasteiger partial charge in [0.2, 0.25) is 0 Å². The third kappa shape index (κ3) is 3.01. The van der Waals surface area contributed by atoms with Gasteiger partial charge in [0, 0.05) is 18.3 Å².